The third kappa shape index (κ3) is 3.17. The summed E-state index contributed by atoms with van der Waals surface area (Å²) in [5, 5.41) is 3.82. The average Bonchev–Trinajstić information content (AvgIpc) is 3.03. The molecule has 0 aliphatic rings. The summed E-state index contributed by atoms with van der Waals surface area (Å²) in [5.74, 6) is -0.307. The van der Waals surface area contributed by atoms with Gasteiger partial charge in [-0.1, -0.05) is 5.16 Å². The van der Waals surface area contributed by atoms with Gasteiger partial charge in [0.2, 0.25) is 0 Å². The molecule has 0 saturated heterocycles. The van der Waals surface area contributed by atoms with E-state index in [9.17, 15) is 9.18 Å². The highest BCUT2D eigenvalue weighted by Crippen LogP contribution is 2.21. The van der Waals surface area contributed by atoms with E-state index in [0.29, 0.717) is 22.6 Å². The van der Waals surface area contributed by atoms with Gasteiger partial charge in [0.1, 0.15) is 18.1 Å². The monoisotopic (exact) mass is 298 g/mol. The van der Waals surface area contributed by atoms with Gasteiger partial charge in [-0.05, 0) is 36.4 Å². The second kappa shape index (κ2) is 6.17. The molecule has 2 aromatic heterocycles. The number of hydrogen-bond acceptors (Lipinski definition) is 5. The van der Waals surface area contributed by atoms with E-state index in [1.165, 1.54) is 24.5 Å². The Hall–Kier alpha value is -3.02. The van der Waals surface area contributed by atoms with E-state index in [-0.39, 0.29) is 12.4 Å². The quantitative estimate of drug-likeness (QED) is 0.692. The topological polar surface area (TPSA) is 65.2 Å². The van der Waals surface area contributed by atoms with Gasteiger partial charge in [-0.15, -0.1) is 0 Å². The van der Waals surface area contributed by atoms with Gasteiger partial charge in [0, 0.05) is 24.0 Å². The first kappa shape index (κ1) is 13.9. The summed E-state index contributed by atoms with van der Waals surface area (Å²) in [5.41, 5.74) is 1.58. The van der Waals surface area contributed by atoms with Crippen LogP contribution < -0.4 is 0 Å². The third-order valence-electron chi connectivity index (χ3n) is 2.95. The van der Waals surface area contributed by atoms with E-state index in [2.05, 4.69) is 10.1 Å². The molecular formula is C16H11FN2O3. The molecule has 22 heavy (non-hydrogen) atoms. The van der Waals surface area contributed by atoms with Crippen LogP contribution in [0.4, 0.5) is 4.39 Å². The summed E-state index contributed by atoms with van der Waals surface area (Å²) < 4.78 is 23.2. The molecule has 0 saturated carbocycles. The second-order valence-corrected chi connectivity index (χ2v) is 4.50. The maximum atomic E-state index is 12.9. The summed E-state index contributed by atoms with van der Waals surface area (Å²) in [6.45, 7) is -0.00808. The summed E-state index contributed by atoms with van der Waals surface area (Å²) >= 11 is 0. The van der Waals surface area contributed by atoms with Crippen LogP contribution in [0.2, 0.25) is 0 Å². The number of aromatic nitrogens is 2. The fraction of sp³-hybridized carbons (Fsp3) is 0.0625. The van der Waals surface area contributed by atoms with Crippen molar-refractivity contribution in [1.29, 1.82) is 0 Å². The van der Waals surface area contributed by atoms with Gasteiger partial charge in [0.15, 0.2) is 5.76 Å². The number of benzene rings is 1. The fourth-order valence-corrected chi connectivity index (χ4v) is 1.84. The number of nitrogens with zero attached hydrogens (tertiary/aromatic N) is 2. The van der Waals surface area contributed by atoms with Crippen LogP contribution in [0.1, 0.15) is 16.1 Å². The lowest BCUT2D eigenvalue weighted by atomic mass is 10.1. The summed E-state index contributed by atoms with van der Waals surface area (Å²) in [6, 6.07) is 10.6. The lowest BCUT2D eigenvalue weighted by Crippen LogP contribution is -2.05. The maximum Gasteiger partial charge on any atom is 0.338 e. The van der Waals surface area contributed by atoms with Crippen LogP contribution in [0.25, 0.3) is 11.3 Å². The van der Waals surface area contributed by atoms with E-state index in [4.69, 9.17) is 9.26 Å². The Morgan fingerprint density at radius 1 is 1.14 bits per heavy atom. The Bertz CT molecular complexity index is 770. The molecule has 0 bridgehead atoms. The minimum Gasteiger partial charge on any atom is -0.455 e. The molecule has 5 nitrogen and oxygen atoms in total. The molecule has 0 atom stereocenters. The van der Waals surface area contributed by atoms with Crippen LogP contribution in [-0.2, 0) is 11.3 Å². The van der Waals surface area contributed by atoms with Crippen molar-refractivity contribution in [2.45, 2.75) is 6.61 Å². The van der Waals surface area contributed by atoms with Crippen LogP contribution in [0.5, 0.6) is 0 Å². The molecule has 0 N–H and O–H groups in total. The molecule has 6 heteroatoms. The SMILES string of the molecule is O=C(OCc1cc(-c2ccc(F)cc2)on1)c1ccncc1. The fourth-order valence-electron chi connectivity index (χ4n) is 1.84. The minimum absolute atomic E-state index is 0.00808. The van der Waals surface area contributed by atoms with Gasteiger partial charge >= 0.3 is 5.97 Å². The van der Waals surface area contributed by atoms with Crippen molar-refractivity contribution in [3.8, 4) is 11.3 Å². The van der Waals surface area contributed by atoms with Crippen molar-refractivity contribution < 1.29 is 18.4 Å². The highest BCUT2D eigenvalue weighted by Gasteiger charge is 2.11. The van der Waals surface area contributed by atoms with Crippen molar-refractivity contribution in [1.82, 2.24) is 10.1 Å². The lowest BCUT2D eigenvalue weighted by Gasteiger charge is -2.01. The molecule has 0 radical (unpaired) electrons. The van der Waals surface area contributed by atoms with Crippen molar-refractivity contribution in [3.05, 3.63) is 71.9 Å². The van der Waals surface area contributed by atoms with E-state index < -0.39 is 5.97 Å². The van der Waals surface area contributed by atoms with E-state index in [0.717, 1.165) is 0 Å². The first-order valence-corrected chi connectivity index (χ1v) is 6.51. The van der Waals surface area contributed by atoms with Crippen LogP contribution in [0, 0.1) is 5.82 Å². The molecule has 2 heterocycles. The first-order valence-electron chi connectivity index (χ1n) is 6.51. The molecular weight excluding hydrogens is 287 g/mol. The summed E-state index contributed by atoms with van der Waals surface area (Å²) in [6.07, 6.45) is 3.03. The lowest BCUT2D eigenvalue weighted by molar-refractivity contribution is 0.0464. The molecule has 0 fully saturated rings. The first-order chi connectivity index (χ1) is 10.7. The summed E-state index contributed by atoms with van der Waals surface area (Å²) in [7, 11) is 0. The number of rotatable bonds is 4. The van der Waals surface area contributed by atoms with Crippen molar-refractivity contribution in [2.75, 3.05) is 0 Å². The Morgan fingerprint density at radius 3 is 2.59 bits per heavy atom. The number of ether oxygens (including phenoxy) is 1. The smallest absolute Gasteiger partial charge is 0.338 e. The molecule has 0 aliphatic heterocycles. The number of hydrogen-bond donors (Lipinski definition) is 0. The molecule has 0 unspecified atom stereocenters. The number of esters is 1. The number of carbonyl (C=O) groups is 1. The van der Waals surface area contributed by atoms with Gasteiger partial charge in [-0.2, -0.15) is 0 Å². The van der Waals surface area contributed by atoms with Crippen LogP contribution in [0.3, 0.4) is 0 Å². The van der Waals surface area contributed by atoms with Gasteiger partial charge in [-0.25, -0.2) is 9.18 Å². The number of carbonyl (C=O) groups excluding carboxylic acids is 1. The highest BCUT2D eigenvalue weighted by atomic mass is 19.1. The number of pyridine rings is 1. The van der Waals surface area contributed by atoms with Crippen LogP contribution in [0.15, 0.2) is 59.4 Å². The second-order valence-electron chi connectivity index (χ2n) is 4.50. The zero-order valence-electron chi connectivity index (χ0n) is 11.4. The van der Waals surface area contributed by atoms with Crippen LogP contribution in [-0.4, -0.2) is 16.1 Å². The van der Waals surface area contributed by atoms with Gasteiger partial charge in [-0.3, -0.25) is 4.98 Å². The minimum atomic E-state index is -0.464. The molecule has 0 aliphatic carbocycles. The Balaban J connectivity index is 1.65. The predicted molar refractivity (Wildman–Crippen MR) is 75.3 cm³/mol. The molecule has 3 aromatic rings. The number of halogens is 1. The van der Waals surface area contributed by atoms with Gasteiger partial charge in [0.25, 0.3) is 0 Å². The molecule has 0 amide bonds. The Morgan fingerprint density at radius 2 is 1.86 bits per heavy atom. The largest absolute Gasteiger partial charge is 0.455 e. The Kier molecular flexibility index (Phi) is 3.91. The van der Waals surface area contributed by atoms with Crippen molar-refractivity contribution in [3.63, 3.8) is 0 Å². The summed E-state index contributed by atoms with van der Waals surface area (Å²) in [4.78, 5) is 15.6. The predicted octanol–water partition coefficient (Wildman–Crippen LogP) is 3.23. The highest BCUT2D eigenvalue weighted by molar-refractivity contribution is 5.89. The van der Waals surface area contributed by atoms with Crippen LogP contribution >= 0.6 is 0 Å². The average molecular weight is 298 g/mol. The normalized spacial score (nSPS) is 10.4. The zero-order chi connectivity index (χ0) is 15.4. The maximum absolute atomic E-state index is 12.9. The van der Waals surface area contributed by atoms with E-state index in [1.54, 1.807) is 30.3 Å². The standard InChI is InChI=1S/C16H11FN2O3/c17-13-3-1-11(2-4-13)15-9-14(19-22-15)10-21-16(20)12-5-7-18-8-6-12/h1-9H,10H2. The zero-order valence-corrected chi connectivity index (χ0v) is 11.4. The molecule has 3 rings (SSSR count). The van der Waals surface area contributed by atoms with Gasteiger partial charge in [0.05, 0.1) is 5.56 Å². The molecule has 110 valence electrons. The third-order valence-corrected chi connectivity index (χ3v) is 2.95. The Labute approximate surface area is 125 Å². The van der Waals surface area contributed by atoms with E-state index in [1.807, 2.05) is 0 Å². The van der Waals surface area contributed by atoms with Crippen molar-refractivity contribution in [2.24, 2.45) is 0 Å². The molecule has 1 aromatic carbocycles. The van der Waals surface area contributed by atoms with E-state index >= 15 is 0 Å². The molecule has 0 spiro atoms. The van der Waals surface area contributed by atoms with Gasteiger partial charge < -0.3 is 9.26 Å². The van der Waals surface area contributed by atoms with Crippen molar-refractivity contribution >= 4 is 5.97 Å².